The average molecular weight is 412 g/mol. The van der Waals surface area contributed by atoms with Gasteiger partial charge < -0.3 is 9.80 Å². The Morgan fingerprint density at radius 1 is 1.30 bits per heavy atom. The van der Waals surface area contributed by atoms with Crippen molar-refractivity contribution in [2.75, 3.05) is 20.1 Å². The van der Waals surface area contributed by atoms with Crippen LogP contribution in [-0.2, 0) is 16.1 Å². The molecule has 1 aromatic heterocycles. The number of carbonyl (C=O) groups is 2. The highest BCUT2D eigenvalue weighted by Crippen LogP contribution is 2.60. The van der Waals surface area contributed by atoms with Crippen LogP contribution >= 0.6 is 0 Å². The molecule has 4 rings (SSSR count). The van der Waals surface area contributed by atoms with Crippen LogP contribution in [-0.4, -0.2) is 52.1 Å². The Hall–Kier alpha value is -3.03. The van der Waals surface area contributed by atoms with Crippen molar-refractivity contribution in [3.05, 3.63) is 53.1 Å². The zero-order valence-corrected chi connectivity index (χ0v) is 17.2. The van der Waals surface area contributed by atoms with Crippen LogP contribution in [0.2, 0.25) is 0 Å². The smallest absolute Gasteiger partial charge is 0.246 e. The van der Waals surface area contributed by atoms with Crippen LogP contribution in [0.4, 0.5) is 4.39 Å². The number of rotatable bonds is 5. The molecule has 2 aliphatic rings. The van der Waals surface area contributed by atoms with Gasteiger partial charge >= 0.3 is 0 Å². The van der Waals surface area contributed by atoms with Gasteiger partial charge in [0.2, 0.25) is 11.8 Å². The molecule has 158 valence electrons. The Labute approximate surface area is 174 Å². The summed E-state index contributed by atoms with van der Waals surface area (Å²) in [6.45, 7) is 3.41. The molecule has 2 aromatic rings. The van der Waals surface area contributed by atoms with Gasteiger partial charge in [-0.1, -0.05) is 28.5 Å². The molecule has 2 heterocycles. The molecule has 1 saturated heterocycles. The van der Waals surface area contributed by atoms with Crippen molar-refractivity contribution in [3.63, 3.8) is 0 Å². The van der Waals surface area contributed by atoms with Gasteiger partial charge in [0.15, 0.2) is 0 Å². The summed E-state index contributed by atoms with van der Waals surface area (Å²) in [6, 6.07) is 6.36. The molecule has 1 spiro atoms. The number of amides is 2. The van der Waals surface area contributed by atoms with E-state index in [9.17, 15) is 14.0 Å². The molecule has 30 heavy (non-hydrogen) atoms. The van der Waals surface area contributed by atoms with E-state index in [2.05, 4.69) is 10.3 Å². The second-order valence-corrected chi connectivity index (χ2v) is 8.29. The summed E-state index contributed by atoms with van der Waals surface area (Å²) in [5.41, 5.74) is 1.75. The minimum atomic E-state index is -0.348. The Morgan fingerprint density at radius 3 is 2.70 bits per heavy atom. The Morgan fingerprint density at radius 2 is 2.03 bits per heavy atom. The number of piperidine rings is 1. The highest BCUT2D eigenvalue weighted by molar-refractivity contribution is 5.92. The third kappa shape index (κ3) is 3.99. The fraction of sp³-hybridized carbons (Fsp3) is 0.455. The number of aryl methyl sites for hydroxylation is 1. The van der Waals surface area contributed by atoms with E-state index in [-0.39, 0.29) is 29.0 Å². The number of hydrogen-bond donors (Lipinski definition) is 0. The second kappa shape index (κ2) is 8.01. The van der Waals surface area contributed by atoms with Crippen LogP contribution in [0.25, 0.3) is 6.08 Å². The first kappa shape index (κ1) is 20.3. The largest absolute Gasteiger partial charge is 0.339 e. The van der Waals surface area contributed by atoms with Gasteiger partial charge in [0.05, 0.1) is 6.54 Å². The van der Waals surface area contributed by atoms with Crippen molar-refractivity contribution in [1.82, 2.24) is 20.1 Å². The van der Waals surface area contributed by atoms with E-state index >= 15 is 0 Å². The lowest BCUT2D eigenvalue weighted by atomic mass is 9.90. The van der Waals surface area contributed by atoms with E-state index in [0.29, 0.717) is 36.6 Å². The van der Waals surface area contributed by atoms with Gasteiger partial charge in [-0.3, -0.25) is 9.59 Å². The maximum atomic E-state index is 13.7. The van der Waals surface area contributed by atoms with Crippen molar-refractivity contribution >= 4 is 17.9 Å². The van der Waals surface area contributed by atoms with Crippen molar-refractivity contribution in [1.29, 1.82) is 0 Å². The fourth-order valence-corrected chi connectivity index (χ4v) is 4.26. The summed E-state index contributed by atoms with van der Waals surface area (Å²) in [7, 11) is 1.77. The number of nitrogens with zero attached hydrogens (tertiary/aromatic N) is 4. The maximum Gasteiger partial charge on any atom is 0.246 e. The number of benzene rings is 1. The molecule has 1 aliphatic heterocycles. The van der Waals surface area contributed by atoms with E-state index in [0.717, 1.165) is 19.3 Å². The van der Waals surface area contributed by atoms with Crippen LogP contribution in [0.5, 0.6) is 0 Å². The second-order valence-electron chi connectivity index (χ2n) is 8.29. The molecule has 0 bridgehead atoms. The van der Waals surface area contributed by atoms with Gasteiger partial charge in [0.25, 0.3) is 0 Å². The highest BCUT2D eigenvalue weighted by Gasteiger charge is 2.59. The number of halogens is 1. The standard InChI is InChI=1S/C22H25FN4O3/c1-15-19(25-30-24-15)14-26(2)21(29)17-13-22(17)9-11-27(12-10-22)20(28)8-7-16-5-3-4-6-18(16)23/h3-8,17H,9-14H2,1-2H3/b8-7+/t17-/m0/s1. The highest BCUT2D eigenvalue weighted by atomic mass is 19.1. The van der Waals surface area contributed by atoms with E-state index in [1.54, 1.807) is 42.0 Å². The van der Waals surface area contributed by atoms with Gasteiger partial charge in [-0.25, -0.2) is 9.02 Å². The third-order valence-electron chi connectivity index (χ3n) is 6.38. The molecule has 1 atom stereocenters. The van der Waals surface area contributed by atoms with Crippen LogP contribution in [0.3, 0.4) is 0 Å². The molecule has 2 amide bonds. The molecule has 1 aliphatic carbocycles. The quantitative estimate of drug-likeness (QED) is 0.706. The molecule has 0 radical (unpaired) electrons. The van der Waals surface area contributed by atoms with Crippen LogP contribution < -0.4 is 0 Å². The first-order valence-electron chi connectivity index (χ1n) is 10.1. The third-order valence-corrected chi connectivity index (χ3v) is 6.38. The lowest BCUT2D eigenvalue weighted by Gasteiger charge is -2.32. The number of likely N-dealkylation sites (tertiary alicyclic amines) is 1. The molecular formula is C22H25FN4O3. The normalized spacial score (nSPS) is 20.0. The topological polar surface area (TPSA) is 79.5 Å². The molecule has 1 saturated carbocycles. The van der Waals surface area contributed by atoms with E-state index in [1.807, 2.05) is 0 Å². The van der Waals surface area contributed by atoms with Crippen molar-refractivity contribution in [3.8, 4) is 0 Å². The van der Waals surface area contributed by atoms with Gasteiger partial charge in [-0.2, -0.15) is 0 Å². The molecule has 0 N–H and O–H groups in total. The molecule has 8 heteroatoms. The van der Waals surface area contributed by atoms with Crippen molar-refractivity contribution in [2.45, 2.75) is 32.7 Å². The fourth-order valence-electron chi connectivity index (χ4n) is 4.26. The number of aromatic nitrogens is 2. The first-order valence-corrected chi connectivity index (χ1v) is 10.1. The van der Waals surface area contributed by atoms with E-state index in [4.69, 9.17) is 4.63 Å². The summed E-state index contributed by atoms with van der Waals surface area (Å²) in [4.78, 5) is 28.8. The Balaban J connectivity index is 1.29. The Kier molecular flexibility index (Phi) is 5.40. The summed E-state index contributed by atoms with van der Waals surface area (Å²) >= 11 is 0. The lowest BCUT2D eigenvalue weighted by molar-refractivity contribution is -0.133. The molecular weight excluding hydrogens is 387 g/mol. The monoisotopic (exact) mass is 412 g/mol. The molecule has 0 unspecified atom stereocenters. The summed E-state index contributed by atoms with van der Waals surface area (Å²) in [5, 5.41) is 7.59. The minimum Gasteiger partial charge on any atom is -0.339 e. The van der Waals surface area contributed by atoms with Gasteiger partial charge in [-0.05, 0) is 43.7 Å². The predicted octanol–water partition coefficient (Wildman–Crippen LogP) is 2.82. The number of hydrogen-bond acceptors (Lipinski definition) is 5. The minimum absolute atomic E-state index is 0.00546. The van der Waals surface area contributed by atoms with Gasteiger partial charge in [0.1, 0.15) is 17.2 Å². The Bertz CT molecular complexity index is 978. The zero-order valence-electron chi connectivity index (χ0n) is 17.2. The van der Waals surface area contributed by atoms with Crippen molar-refractivity contribution < 1.29 is 18.6 Å². The SMILES string of the molecule is Cc1nonc1CN(C)C(=O)[C@@H]1CC12CCN(C(=O)/C=C/c1ccccc1F)CC2. The lowest BCUT2D eigenvalue weighted by Crippen LogP contribution is -2.40. The summed E-state index contributed by atoms with van der Waals surface area (Å²) in [5.74, 6) is -0.368. The summed E-state index contributed by atoms with van der Waals surface area (Å²) in [6.07, 6.45) is 5.41. The van der Waals surface area contributed by atoms with E-state index in [1.165, 1.54) is 18.2 Å². The maximum absolute atomic E-state index is 13.7. The van der Waals surface area contributed by atoms with Gasteiger partial charge in [0, 0.05) is 37.7 Å². The number of carbonyl (C=O) groups excluding carboxylic acids is 2. The van der Waals surface area contributed by atoms with Crippen LogP contribution in [0, 0.1) is 24.1 Å². The molecule has 7 nitrogen and oxygen atoms in total. The predicted molar refractivity (Wildman–Crippen MR) is 107 cm³/mol. The average Bonchev–Trinajstić information content (AvgIpc) is 3.29. The van der Waals surface area contributed by atoms with Gasteiger partial charge in [-0.15, -0.1) is 0 Å². The first-order chi connectivity index (χ1) is 14.4. The van der Waals surface area contributed by atoms with Crippen LogP contribution in [0.15, 0.2) is 35.0 Å². The zero-order chi connectivity index (χ0) is 21.3. The molecule has 2 fully saturated rings. The molecule has 1 aromatic carbocycles. The summed E-state index contributed by atoms with van der Waals surface area (Å²) < 4.78 is 18.4. The van der Waals surface area contributed by atoms with Crippen molar-refractivity contribution in [2.24, 2.45) is 11.3 Å². The van der Waals surface area contributed by atoms with Crippen LogP contribution in [0.1, 0.15) is 36.2 Å². The van der Waals surface area contributed by atoms with E-state index < -0.39 is 0 Å².